The van der Waals surface area contributed by atoms with Crippen LogP contribution in [0, 0.1) is 5.92 Å². The minimum absolute atomic E-state index is 0. The second kappa shape index (κ2) is 8.60. The molecule has 1 aromatic carbocycles. The van der Waals surface area contributed by atoms with Gasteiger partial charge in [-0.1, -0.05) is 61.2 Å². The standard InChI is InChI=1S/C17H19BrN2OS.CH4/c18-14-7-5-13(6-8-14)15(11-12-3-1-2-4-12)16(21)20-17-19-9-10-22-17;/h5-10,12,15H,1-4,11H2,(H,19,20,21);1H4. The van der Waals surface area contributed by atoms with Gasteiger partial charge < -0.3 is 5.32 Å². The highest BCUT2D eigenvalue weighted by atomic mass is 79.9. The number of halogens is 1. The maximum atomic E-state index is 12.7. The molecule has 5 heteroatoms. The van der Waals surface area contributed by atoms with E-state index in [-0.39, 0.29) is 19.3 Å². The van der Waals surface area contributed by atoms with E-state index < -0.39 is 0 Å². The van der Waals surface area contributed by atoms with Gasteiger partial charge in [-0.25, -0.2) is 4.98 Å². The molecule has 0 radical (unpaired) electrons. The van der Waals surface area contributed by atoms with Gasteiger partial charge in [0.2, 0.25) is 5.91 Å². The molecule has 0 spiro atoms. The lowest BCUT2D eigenvalue weighted by Gasteiger charge is -2.20. The number of anilines is 1. The lowest BCUT2D eigenvalue weighted by molar-refractivity contribution is -0.118. The zero-order valence-electron chi connectivity index (χ0n) is 12.3. The molecule has 1 unspecified atom stereocenters. The van der Waals surface area contributed by atoms with E-state index in [2.05, 4.69) is 26.2 Å². The summed E-state index contributed by atoms with van der Waals surface area (Å²) >= 11 is 4.92. The van der Waals surface area contributed by atoms with Crippen LogP contribution in [0.1, 0.15) is 51.0 Å². The highest BCUT2D eigenvalue weighted by Crippen LogP contribution is 2.35. The van der Waals surface area contributed by atoms with Crippen molar-refractivity contribution in [1.82, 2.24) is 4.98 Å². The summed E-state index contributed by atoms with van der Waals surface area (Å²) in [6.07, 6.45) is 7.73. The molecule has 1 aromatic heterocycles. The summed E-state index contributed by atoms with van der Waals surface area (Å²) in [6, 6.07) is 8.11. The van der Waals surface area contributed by atoms with Crippen LogP contribution in [0.2, 0.25) is 0 Å². The quantitative estimate of drug-likeness (QED) is 0.691. The fourth-order valence-electron chi connectivity index (χ4n) is 3.15. The lowest BCUT2D eigenvalue weighted by Crippen LogP contribution is -2.23. The van der Waals surface area contributed by atoms with Gasteiger partial charge in [-0.15, -0.1) is 11.3 Å². The van der Waals surface area contributed by atoms with Crippen molar-refractivity contribution in [1.29, 1.82) is 0 Å². The summed E-state index contributed by atoms with van der Waals surface area (Å²) in [4.78, 5) is 16.9. The van der Waals surface area contributed by atoms with E-state index in [9.17, 15) is 4.79 Å². The number of hydrogen-bond donors (Lipinski definition) is 1. The van der Waals surface area contributed by atoms with Crippen molar-refractivity contribution in [3.05, 3.63) is 45.9 Å². The molecule has 1 atom stereocenters. The van der Waals surface area contributed by atoms with Crippen molar-refractivity contribution in [2.24, 2.45) is 5.92 Å². The monoisotopic (exact) mass is 394 g/mol. The van der Waals surface area contributed by atoms with Crippen LogP contribution in [0.3, 0.4) is 0 Å². The second-order valence-corrected chi connectivity index (χ2v) is 7.63. The smallest absolute Gasteiger partial charge is 0.233 e. The van der Waals surface area contributed by atoms with Gasteiger partial charge in [0.1, 0.15) is 0 Å². The molecular weight excluding hydrogens is 372 g/mol. The average Bonchev–Trinajstić information content (AvgIpc) is 3.19. The number of nitrogens with zero attached hydrogens (tertiary/aromatic N) is 1. The van der Waals surface area contributed by atoms with Crippen LogP contribution in [0.25, 0.3) is 0 Å². The van der Waals surface area contributed by atoms with Crippen molar-refractivity contribution in [3.63, 3.8) is 0 Å². The molecule has 1 amide bonds. The third-order valence-corrected chi connectivity index (χ3v) is 5.51. The Kier molecular flexibility index (Phi) is 6.78. The highest BCUT2D eigenvalue weighted by Gasteiger charge is 2.27. The van der Waals surface area contributed by atoms with Crippen LogP contribution in [-0.4, -0.2) is 10.9 Å². The molecule has 0 saturated heterocycles. The van der Waals surface area contributed by atoms with E-state index >= 15 is 0 Å². The summed E-state index contributed by atoms with van der Waals surface area (Å²) < 4.78 is 1.04. The Hall–Kier alpha value is -1.20. The van der Waals surface area contributed by atoms with Crippen LogP contribution in [0.15, 0.2) is 40.3 Å². The molecule has 124 valence electrons. The summed E-state index contributed by atoms with van der Waals surface area (Å²) in [6.45, 7) is 0. The summed E-state index contributed by atoms with van der Waals surface area (Å²) in [5, 5.41) is 5.52. The Bertz CT molecular complexity index is 606. The molecule has 1 aliphatic carbocycles. The summed E-state index contributed by atoms with van der Waals surface area (Å²) in [5.41, 5.74) is 1.09. The molecule has 3 rings (SSSR count). The largest absolute Gasteiger partial charge is 0.301 e. The normalized spacial score (nSPS) is 15.9. The Labute approximate surface area is 150 Å². The first-order valence-electron chi connectivity index (χ1n) is 7.68. The number of carbonyl (C=O) groups is 1. The highest BCUT2D eigenvalue weighted by molar-refractivity contribution is 9.10. The number of aromatic nitrogens is 1. The van der Waals surface area contributed by atoms with Crippen molar-refractivity contribution in [2.75, 3.05) is 5.32 Å². The number of rotatable bonds is 5. The molecule has 1 saturated carbocycles. The number of nitrogens with one attached hydrogen (secondary N) is 1. The van der Waals surface area contributed by atoms with Crippen LogP contribution in [0.4, 0.5) is 5.13 Å². The minimum Gasteiger partial charge on any atom is -0.301 e. The predicted molar refractivity (Wildman–Crippen MR) is 101 cm³/mol. The molecule has 0 bridgehead atoms. The van der Waals surface area contributed by atoms with Crippen molar-refractivity contribution < 1.29 is 4.79 Å². The molecular formula is C18H23BrN2OS. The fraction of sp³-hybridized carbons (Fsp3) is 0.444. The van der Waals surface area contributed by atoms with Crippen LogP contribution in [-0.2, 0) is 4.79 Å². The van der Waals surface area contributed by atoms with Crippen LogP contribution >= 0.6 is 27.3 Å². The Morgan fingerprint density at radius 1 is 1.30 bits per heavy atom. The molecule has 2 aromatic rings. The average molecular weight is 395 g/mol. The third kappa shape index (κ3) is 4.88. The maximum Gasteiger partial charge on any atom is 0.233 e. The molecule has 3 nitrogen and oxygen atoms in total. The first-order chi connectivity index (χ1) is 10.7. The number of carbonyl (C=O) groups excluding carboxylic acids is 1. The molecule has 1 fully saturated rings. The van der Waals surface area contributed by atoms with E-state index in [1.54, 1.807) is 6.20 Å². The van der Waals surface area contributed by atoms with Crippen LogP contribution < -0.4 is 5.32 Å². The molecule has 1 N–H and O–H groups in total. The SMILES string of the molecule is C.O=C(Nc1nccs1)C(CC1CCCC1)c1ccc(Br)cc1. The molecule has 23 heavy (non-hydrogen) atoms. The van der Waals surface area contributed by atoms with E-state index in [1.807, 2.05) is 29.6 Å². The second-order valence-electron chi connectivity index (χ2n) is 5.82. The summed E-state index contributed by atoms with van der Waals surface area (Å²) in [7, 11) is 0. The number of hydrogen-bond acceptors (Lipinski definition) is 3. The van der Waals surface area contributed by atoms with Gasteiger partial charge in [-0.3, -0.25) is 4.79 Å². The van der Waals surface area contributed by atoms with E-state index in [1.165, 1.54) is 37.0 Å². The number of amides is 1. The zero-order valence-corrected chi connectivity index (χ0v) is 14.7. The van der Waals surface area contributed by atoms with Gasteiger partial charge in [0.25, 0.3) is 0 Å². The molecule has 1 heterocycles. The van der Waals surface area contributed by atoms with E-state index in [0.717, 1.165) is 16.5 Å². The van der Waals surface area contributed by atoms with Gasteiger partial charge in [0, 0.05) is 16.0 Å². The van der Waals surface area contributed by atoms with Gasteiger partial charge in [0.05, 0.1) is 5.92 Å². The topological polar surface area (TPSA) is 42.0 Å². The van der Waals surface area contributed by atoms with Crippen LogP contribution in [0.5, 0.6) is 0 Å². The van der Waals surface area contributed by atoms with Crippen molar-refractivity contribution >= 4 is 38.3 Å². The number of benzene rings is 1. The Morgan fingerprint density at radius 2 is 2.00 bits per heavy atom. The first kappa shape index (κ1) is 18.1. The van der Waals surface area contributed by atoms with Gasteiger partial charge >= 0.3 is 0 Å². The minimum atomic E-state index is -0.0971. The third-order valence-electron chi connectivity index (χ3n) is 4.30. The maximum absolute atomic E-state index is 12.7. The van der Waals surface area contributed by atoms with E-state index in [4.69, 9.17) is 0 Å². The first-order valence-corrected chi connectivity index (χ1v) is 9.35. The zero-order chi connectivity index (χ0) is 15.4. The Morgan fingerprint density at radius 3 is 2.61 bits per heavy atom. The van der Waals surface area contributed by atoms with Crippen molar-refractivity contribution in [2.45, 2.75) is 45.4 Å². The molecule has 1 aliphatic rings. The predicted octanol–water partition coefficient (Wildman–Crippen LogP) is 5.84. The summed E-state index contributed by atoms with van der Waals surface area (Å²) in [5.74, 6) is 0.625. The number of thiazole rings is 1. The molecule has 0 aliphatic heterocycles. The lowest BCUT2D eigenvalue weighted by atomic mass is 9.87. The Balaban J connectivity index is 0.00000192. The van der Waals surface area contributed by atoms with Crippen molar-refractivity contribution in [3.8, 4) is 0 Å². The fourth-order valence-corrected chi connectivity index (χ4v) is 3.94. The van der Waals surface area contributed by atoms with E-state index in [0.29, 0.717) is 11.0 Å². The van der Waals surface area contributed by atoms with Gasteiger partial charge in [-0.05, 0) is 30.0 Å². The van der Waals surface area contributed by atoms with Gasteiger partial charge in [-0.2, -0.15) is 0 Å². The van der Waals surface area contributed by atoms with Gasteiger partial charge in [0.15, 0.2) is 5.13 Å².